The van der Waals surface area contributed by atoms with Gasteiger partial charge < -0.3 is 19.8 Å². The average Bonchev–Trinajstić information content (AvgIpc) is 3.16. The van der Waals surface area contributed by atoms with E-state index in [9.17, 15) is 13.6 Å². The number of benzene rings is 4. The summed E-state index contributed by atoms with van der Waals surface area (Å²) >= 11 is 0. The number of amides is 1. The fraction of sp³-hybridized carbons (Fsp3) is 0.107. The first-order valence-electron chi connectivity index (χ1n) is 10.9. The Morgan fingerprint density at radius 1 is 0.971 bits per heavy atom. The number of aromatic nitrogens is 1. The molecule has 0 bridgehead atoms. The molecule has 175 valence electrons. The maximum absolute atomic E-state index is 12.7. The molecule has 5 nitrogen and oxygen atoms in total. The van der Waals surface area contributed by atoms with Gasteiger partial charge in [0, 0.05) is 22.9 Å². The normalized spacial score (nSPS) is 11.3. The fourth-order valence-corrected chi connectivity index (χ4v) is 4.38. The van der Waals surface area contributed by atoms with Crippen molar-refractivity contribution >= 4 is 27.7 Å². The molecule has 0 fully saturated rings. The van der Waals surface area contributed by atoms with Crippen LogP contribution in [0.4, 0.5) is 8.78 Å². The van der Waals surface area contributed by atoms with Gasteiger partial charge in [-0.2, -0.15) is 8.78 Å². The van der Waals surface area contributed by atoms with Crippen LogP contribution in [0.3, 0.4) is 0 Å². The zero-order chi connectivity index (χ0) is 24.5. The van der Waals surface area contributed by atoms with Crippen LogP contribution >= 0.6 is 0 Å². The van der Waals surface area contributed by atoms with Crippen molar-refractivity contribution in [2.45, 2.75) is 13.2 Å². The molecule has 0 saturated carbocycles. The number of rotatable bonds is 7. The molecule has 5 rings (SSSR count). The van der Waals surface area contributed by atoms with E-state index in [1.165, 1.54) is 6.07 Å². The molecule has 0 aliphatic rings. The van der Waals surface area contributed by atoms with E-state index >= 15 is 0 Å². The number of nitrogens with two attached hydrogens (primary N) is 1. The van der Waals surface area contributed by atoms with Gasteiger partial charge in [0.1, 0.15) is 11.5 Å². The Morgan fingerprint density at radius 2 is 1.74 bits per heavy atom. The molecule has 7 heteroatoms. The Balaban J connectivity index is 1.70. The Bertz CT molecular complexity index is 1540. The molecule has 1 aromatic heterocycles. The number of fused-ring (bicyclic) bond motifs is 3. The third kappa shape index (κ3) is 4.28. The van der Waals surface area contributed by atoms with Crippen molar-refractivity contribution in [3.63, 3.8) is 0 Å². The molecule has 1 radical (unpaired) electrons. The minimum atomic E-state index is -2.90. The van der Waals surface area contributed by atoms with E-state index in [2.05, 4.69) is 10.8 Å². The van der Waals surface area contributed by atoms with Gasteiger partial charge >= 0.3 is 6.61 Å². The third-order valence-electron chi connectivity index (χ3n) is 5.95. The van der Waals surface area contributed by atoms with Gasteiger partial charge in [-0.3, -0.25) is 4.79 Å². The largest absolute Gasteiger partial charge is 0.497 e. The van der Waals surface area contributed by atoms with E-state index in [0.29, 0.717) is 17.5 Å². The van der Waals surface area contributed by atoms with Gasteiger partial charge in [0.15, 0.2) is 0 Å². The highest BCUT2D eigenvalue weighted by atomic mass is 19.3. The van der Waals surface area contributed by atoms with Gasteiger partial charge in [-0.15, -0.1) is 0 Å². The molecule has 0 spiro atoms. The Morgan fingerprint density at radius 3 is 2.46 bits per heavy atom. The van der Waals surface area contributed by atoms with Crippen LogP contribution in [0.1, 0.15) is 15.9 Å². The van der Waals surface area contributed by atoms with Gasteiger partial charge in [-0.1, -0.05) is 30.3 Å². The summed E-state index contributed by atoms with van der Waals surface area (Å²) in [4.78, 5) is 12.2. The standard InChI is InChI=1S/C28H21F2N2O3/c1-34-20-11-8-18(9-12-20)19-10-13-22-25(15-19)32(24-7-3-6-23(26(22)24)27(31)33)16-17-4-2-5-21(14-17)35-28(29)30/h2-12,14-15,28H,16H2,1H3,(H2,31,33). The molecule has 0 atom stereocenters. The summed E-state index contributed by atoms with van der Waals surface area (Å²) in [5.41, 5.74) is 10.4. The second-order valence-corrected chi connectivity index (χ2v) is 8.05. The average molecular weight is 471 g/mol. The summed E-state index contributed by atoms with van der Waals surface area (Å²) in [6, 6.07) is 26.9. The monoisotopic (exact) mass is 471 g/mol. The van der Waals surface area contributed by atoms with Crippen LogP contribution < -0.4 is 15.2 Å². The van der Waals surface area contributed by atoms with Crippen molar-refractivity contribution < 1.29 is 23.0 Å². The zero-order valence-corrected chi connectivity index (χ0v) is 18.8. The minimum Gasteiger partial charge on any atom is -0.497 e. The molecule has 0 aliphatic carbocycles. The highest BCUT2D eigenvalue weighted by molar-refractivity contribution is 6.18. The van der Waals surface area contributed by atoms with E-state index in [1.807, 2.05) is 53.1 Å². The molecule has 2 N–H and O–H groups in total. The van der Waals surface area contributed by atoms with Crippen LogP contribution in [0.2, 0.25) is 0 Å². The summed E-state index contributed by atoms with van der Waals surface area (Å²) in [7, 11) is 1.62. The van der Waals surface area contributed by atoms with Crippen LogP contribution in [0.5, 0.6) is 11.5 Å². The van der Waals surface area contributed by atoms with Gasteiger partial charge in [0.2, 0.25) is 5.91 Å². The first-order valence-corrected chi connectivity index (χ1v) is 10.9. The summed E-state index contributed by atoms with van der Waals surface area (Å²) in [6.45, 7) is -2.54. The van der Waals surface area contributed by atoms with Gasteiger partial charge in [0.05, 0.1) is 18.1 Å². The fourth-order valence-electron chi connectivity index (χ4n) is 4.38. The van der Waals surface area contributed by atoms with E-state index in [0.717, 1.165) is 38.9 Å². The lowest BCUT2D eigenvalue weighted by atomic mass is 10.0. The summed E-state index contributed by atoms with van der Waals surface area (Å²) < 4.78 is 37.3. The lowest BCUT2D eigenvalue weighted by Gasteiger charge is -2.11. The quantitative estimate of drug-likeness (QED) is 0.316. The number of nitrogens with zero attached hydrogens (tertiary/aromatic N) is 1. The smallest absolute Gasteiger partial charge is 0.387 e. The number of hydrogen-bond acceptors (Lipinski definition) is 3. The molecule has 0 saturated heterocycles. The summed E-state index contributed by atoms with van der Waals surface area (Å²) in [5.74, 6) is 0.307. The number of hydrogen-bond donors (Lipinski definition) is 1. The molecular weight excluding hydrogens is 450 g/mol. The van der Waals surface area contributed by atoms with Crippen LogP contribution in [0, 0.1) is 6.07 Å². The zero-order valence-electron chi connectivity index (χ0n) is 18.8. The van der Waals surface area contributed by atoms with Crippen LogP contribution in [0.25, 0.3) is 32.9 Å². The van der Waals surface area contributed by atoms with Crippen molar-refractivity contribution in [2.75, 3.05) is 7.11 Å². The number of methoxy groups -OCH3 is 1. The maximum Gasteiger partial charge on any atom is 0.387 e. The van der Waals surface area contributed by atoms with Gasteiger partial charge in [-0.05, 0) is 71.3 Å². The predicted octanol–water partition coefficient (Wildman–Crippen LogP) is 6.02. The molecular formula is C28H21F2N2O3. The summed E-state index contributed by atoms with van der Waals surface area (Å²) in [5, 5.41) is 1.46. The summed E-state index contributed by atoms with van der Waals surface area (Å²) in [6.07, 6.45) is 0. The SMILES string of the molecule is COc1ccc(-c2c[c]c3c4c(C(N)=O)cccc4n(Cc4cccc(OC(F)F)c4)c3c2)cc1. The van der Waals surface area contributed by atoms with Crippen molar-refractivity contribution in [3.8, 4) is 22.6 Å². The minimum absolute atomic E-state index is 0.0848. The topological polar surface area (TPSA) is 66.5 Å². The van der Waals surface area contributed by atoms with Gasteiger partial charge in [-0.25, -0.2) is 0 Å². The van der Waals surface area contributed by atoms with Crippen LogP contribution in [-0.2, 0) is 6.54 Å². The van der Waals surface area contributed by atoms with Crippen molar-refractivity contribution in [3.05, 3.63) is 96.1 Å². The van der Waals surface area contributed by atoms with E-state index in [4.69, 9.17) is 10.5 Å². The van der Waals surface area contributed by atoms with E-state index in [1.54, 1.807) is 31.4 Å². The highest BCUT2D eigenvalue weighted by Gasteiger charge is 2.18. The number of alkyl halides is 2. The number of carbonyl (C=O) groups excluding carboxylic acids is 1. The van der Waals surface area contributed by atoms with Gasteiger partial charge in [0.25, 0.3) is 0 Å². The Hall–Kier alpha value is -4.39. The molecule has 4 aromatic carbocycles. The number of ether oxygens (including phenoxy) is 2. The highest BCUT2D eigenvalue weighted by Crippen LogP contribution is 2.35. The number of halogens is 2. The van der Waals surface area contributed by atoms with Crippen molar-refractivity contribution in [2.24, 2.45) is 5.73 Å². The first kappa shape index (κ1) is 22.4. The van der Waals surface area contributed by atoms with Crippen molar-refractivity contribution in [1.29, 1.82) is 0 Å². The van der Waals surface area contributed by atoms with E-state index in [-0.39, 0.29) is 5.75 Å². The lowest BCUT2D eigenvalue weighted by molar-refractivity contribution is -0.0498. The van der Waals surface area contributed by atoms with Crippen LogP contribution in [-0.4, -0.2) is 24.2 Å². The molecule has 5 aromatic rings. The second kappa shape index (κ2) is 9.10. The lowest BCUT2D eigenvalue weighted by Crippen LogP contribution is -2.11. The first-order chi connectivity index (χ1) is 16.9. The third-order valence-corrected chi connectivity index (χ3v) is 5.95. The molecule has 1 amide bonds. The molecule has 0 unspecified atom stereocenters. The van der Waals surface area contributed by atoms with Crippen LogP contribution in [0.15, 0.2) is 78.9 Å². The Kier molecular flexibility index (Phi) is 5.82. The Labute approximate surface area is 200 Å². The number of primary amides is 1. The molecule has 0 aliphatic heterocycles. The second-order valence-electron chi connectivity index (χ2n) is 8.05. The predicted molar refractivity (Wildman–Crippen MR) is 131 cm³/mol. The molecule has 35 heavy (non-hydrogen) atoms. The van der Waals surface area contributed by atoms with Crippen molar-refractivity contribution in [1.82, 2.24) is 4.57 Å². The maximum atomic E-state index is 12.7. The number of carbonyl (C=O) groups is 1. The molecule has 1 heterocycles. The van der Waals surface area contributed by atoms with E-state index < -0.39 is 12.5 Å².